The minimum absolute atomic E-state index is 0.185. The van der Waals surface area contributed by atoms with Gasteiger partial charge in [0.1, 0.15) is 0 Å². The van der Waals surface area contributed by atoms with Gasteiger partial charge in [-0.3, -0.25) is 0 Å². The third-order valence-corrected chi connectivity index (χ3v) is 1.71. The number of phenolic OH excluding ortho intramolecular Hbond substituents is 1. The third kappa shape index (κ3) is 8.69. The molecule has 0 atom stereocenters. The fourth-order valence-corrected chi connectivity index (χ4v) is 1.08. The second kappa shape index (κ2) is 7.28. The minimum atomic E-state index is -4.94. The van der Waals surface area contributed by atoms with Crippen LogP contribution in [0.5, 0.6) is 11.5 Å². The van der Waals surface area contributed by atoms with E-state index in [1.54, 1.807) is 13.2 Å². The topological polar surface area (TPSA) is 149 Å². The highest BCUT2D eigenvalue weighted by atomic mass is 35.7. The zero-order valence-electron chi connectivity index (χ0n) is 9.22. The Morgan fingerprint density at radius 1 is 1.29 bits per heavy atom. The molecule has 1 rings (SSSR count). The maximum absolute atomic E-state index is 9.26. The maximum atomic E-state index is 9.26. The van der Waals surface area contributed by atoms with E-state index < -0.39 is 10.2 Å². The molecule has 0 saturated heterocycles. The lowest BCUT2D eigenvalue weighted by molar-refractivity contribution is -2.00. The van der Waals surface area contributed by atoms with Crippen LogP contribution in [-0.2, 0) is 6.42 Å². The summed E-state index contributed by atoms with van der Waals surface area (Å²) in [6.07, 6.45) is 0.913. The van der Waals surface area contributed by atoms with Crippen molar-refractivity contribution in [2.45, 2.75) is 6.42 Å². The summed E-state index contributed by atoms with van der Waals surface area (Å²) in [4.78, 5) is 0. The molecule has 4 N–H and O–H groups in total. The normalized spacial score (nSPS) is 10.5. The molecule has 0 aromatic heterocycles. The molecule has 0 aliphatic rings. The summed E-state index contributed by atoms with van der Waals surface area (Å²) in [5.74, 6) is 0.714. The third-order valence-electron chi connectivity index (χ3n) is 1.71. The molecule has 0 saturated carbocycles. The summed E-state index contributed by atoms with van der Waals surface area (Å²) in [5, 5.41) is 9.26. The molecule has 0 aliphatic heterocycles. The Morgan fingerprint density at radius 3 is 2.24 bits per heavy atom. The van der Waals surface area contributed by atoms with Crippen LogP contribution >= 0.6 is 0 Å². The van der Waals surface area contributed by atoms with E-state index in [0.717, 1.165) is 18.5 Å². The van der Waals surface area contributed by atoms with Gasteiger partial charge in [-0.1, -0.05) is 6.07 Å². The van der Waals surface area contributed by atoms with Gasteiger partial charge in [0.15, 0.2) is 11.5 Å². The number of hydrogen-bond acceptors (Lipinski definition) is 6. The van der Waals surface area contributed by atoms with Crippen molar-refractivity contribution in [1.29, 1.82) is 0 Å². The lowest BCUT2D eigenvalue weighted by Gasteiger charge is -2.17. The molecule has 0 amide bonds. The van der Waals surface area contributed by atoms with Crippen molar-refractivity contribution in [2.75, 3.05) is 13.7 Å². The van der Waals surface area contributed by atoms with Gasteiger partial charge < -0.3 is 15.6 Å². The number of hydrogen-bond donors (Lipinski definition) is 2. The van der Waals surface area contributed by atoms with E-state index in [4.69, 9.17) is 23.4 Å². The van der Waals surface area contributed by atoms with Gasteiger partial charge in [-0.05, 0) is 17.7 Å². The van der Waals surface area contributed by atoms with E-state index in [1.165, 1.54) is 0 Å². The van der Waals surface area contributed by atoms with Crippen LogP contribution < -0.4 is 29.1 Å². The van der Waals surface area contributed by atoms with E-state index >= 15 is 0 Å². The van der Waals surface area contributed by atoms with Crippen LogP contribution in [0.25, 0.3) is 0 Å². The number of methoxy groups -OCH3 is 1. The van der Waals surface area contributed by atoms with Gasteiger partial charge in [0, 0.05) is 6.42 Å². The second-order valence-corrected chi connectivity index (χ2v) is 3.74. The van der Waals surface area contributed by atoms with Gasteiger partial charge in [0.2, 0.25) is 0 Å². The molecule has 1 aromatic rings. The molecular formula is C9H14ClNO6. The number of quaternary nitrogens is 1. The first-order chi connectivity index (χ1) is 7.77. The van der Waals surface area contributed by atoms with Crippen molar-refractivity contribution in [3.63, 3.8) is 0 Å². The van der Waals surface area contributed by atoms with E-state index in [0.29, 0.717) is 5.75 Å². The largest absolute Gasteiger partial charge is 0.504 e. The Kier molecular flexibility index (Phi) is 6.81. The molecule has 0 radical (unpaired) electrons. The zero-order valence-corrected chi connectivity index (χ0v) is 9.98. The lowest BCUT2D eigenvalue weighted by Crippen LogP contribution is -2.68. The summed E-state index contributed by atoms with van der Waals surface area (Å²) in [7, 11) is -3.40. The lowest BCUT2D eigenvalue weighted by atomic mass is 10.1. The van der Waals surface area contributed by atoms with Gasteiger partial charge in [-0.2, -0.15) is 0 Å². The number of aromatic hydroxyl groups is 1. The Hall–Kier alpha value is -1.09. The number of rotatable bonds is 3. The fourth-order valence-electron chi connectivity index (χ4n) is 1.08. The van der Waals surface area contributed by atoms with Gasteiger partial charge in [-0.15, -0.1) is 10.2 Å². The monoisotopic (exact) mass is 267 g/mol. The standard InChI is InChI=1S/C9H13NO2.ClHO4/c1-12-9-6-7(4-5-10)2-3-8(9)11;2-1(3,4)5/h2-3,6,11H,4-5,10H2,1H3;(H,2,3,4,5). The predicted molar refractivity (Wildman–Crippen MR) is 46.1 cm³/mol. The summed E-state index contributed by atoms with van der Waals surface area (Å²) < 4.78 is 38.9. The molecule has 0 bridgehead atoms. The minimum Gasteiger partial charge on any atom is -0.504 e. The smallest absolute Gasteiger partial charge is 0.160 e. The molecule has 8 heteroatoms. The molecule has 0 aliphatic carbocycles. The highest BCUT2D eigenvalue weighted by Gasteiger charge is 2.01. The van der Waals surface area contributed by atoms with Gasteiger partial charge in [0.05, 0.1) is 13.7 Å². The molecule has 17 heavy (non-hydrogen) atoms. The predicted octanol–water partition coefficient (Wildman–Crippen LogP) is -4.57. The van der Waals surface area contributed by atoms with Crippen LogP contribution in [0, 0.1) is 10.2 Å². The molecule has 0 unspecified atom stereocenters. The fraction of sp³-hybridized carbons (Fsp3) is 0.333. The summed E-state index contributed by atoms with van der Waals surface area (Å²) in [6, 6.07) is 5.35. The molecule has 0 fully saturated rings. The molecule has 0 spiro atoms. The Bertz CT molecular complexity index is 335. The van der Waals surface area contributed by atoms with Crippen molar-refractivity contribution < 1.29 is 44.5 Å². The van der Waals surface area contributed by atoms with Crippen molar-refractivity contribution >= 4 is 0 Å². The molecule has 1 aromatic carbocycles. The van der Waals surface area contributed by atoms with Gasteiger partial charge in [0.25, 0.3) is 0 Å². The first-order valence-electron chi connectivity index (χ1n) is 4.54. The van der Waals surface area contributed by atoms with Crippen LogP contribution in [-0.4, -0.2) is 18.8 Å². The summed E-state index contributed by atoms with van der Waals surface area (Å²) in [5.41, 5.74) is 4.89. The highest BCUT2D eigenvalue weighted by Crippen LogP contribution is 2.26. The van der Waals surface area contributed by atoms with Crippen LogP contribution in [0.15, 0.2) is 18.2 Å². The zero-order chi connectivity index (χ0) is 13.5. The molecule has 7 nitrogen and oxygen atoms in total. The average molecular weight is 268 g/mol. The number of phenols is 1. The van der Waals surface area contributed by atoms with E-state index in [-0.39, 0.29) is 5.75 Å². The van der Waals surface area contributed by atoms with Crippen LogP contribution in [0.4, 0.5) is 0 Å². The van der Waals surface area contributed by atoms with Crippen molar-refractivity contribution in [1.82, 2.24) is 0 Å². The number of halogens is 1. The van der Waals surface area contributed by atoms with Gasteiger partial charge in [-0.25, -0.2) is 18.6 Å². The maximum Gasteiger partial charge on any atom is 0.160 e. The van der Waals surface area contributed by atoms with E-state index in [2.05, 4.69) is 5.73 Å². The quantitative estimate of drug-likeness (QED) is 0.563. The van der Waals surface area contributed by atoms with Gasteiger partial charge >= 0.3 is 0 Å². The molecular weight excluding hydrogens is 254 g/mol. The SMILES string of the molecule is COc1cc(CC[NH3+])ccc1O.[O-][Cl+3]([O-])([O-])[O-]. The second-order valence-electron chi connectivity index (χ2n) is 2.99. The van der Waals surface area contributed by atoms with Crippen molar-refractivity contribution in [2.24, 2.45) is 0 Å². The van der Waals surface area contributed by atoms with Crippen molar-refractivity contribution in [3.05, 3.63) is 23.8 Å². The van der Waals surface area contributed by atoms with Crippen LogP contribution in [0.3, 0.4) is 0 Å². The molecule has 98 valence electrons. The first-order valence-corrected chi connectivity index (χ1v) is 5.78. The highest BCUT2D eigenvalue weighted by molar-refractivity contribution is 5.41. The van der Waals surface area contributed by atoms with Crippen LogP contribution in [0.1, 0.15) is 5.56 Å². The Balaban J connectivity index is 0.000000437. The number of ether oxygens (including phenoxy) is 1. The van der Waals surface area contributed by atoms with E-state index in [1.807, 2.05) is 12.1 Å². The first kappa shape index (κ1) is 15.9. The van der Waals surface area contributed by atoms with Crippen molar-refractivity contribution in [3.8, 4) is 11.5 Å². The van der Waals surface area contributed by atoms with E-state index in [9.17, 15) is 5.11 Å². The summed E-state index contributed by atoms with van der Waals surface area (Å²) in [6.45, 7) is 0.855. The average Bonchev–Trinajstić information content (AvgIpc) is 2.19. The Labute approximate surface area is 100 Å². The molecule has 0 heterocycles. The Morgan fingerprint density at radius 2 is 1.82 bits per heavy atom. The number of benzene rings is 1. The summed E-state index contributed by atoms with van der Waals surface area (Å²) >= 11 is 0. The van der Waals surface area contributed by atoms with Crippen LogP contribution in [0.2, 0.25) is 0 Å².